The Balaban J connectivity index is 2.33. The van der Waals surface area contributed by atoms with Crippen LogP contribution in [0.25, 0.3) is 0 Å². The molecule has 0 fully saturated rings. The zero-order valence-corrected chi connectivity index (χ0v) is 8.88. The minimum absolute atomic E-state index is 0.392. The molecule has 0 radical (unpaired) electrons. The molecule has 0 N–H and O–H groups in total. The van der Waals surface area contributed by atoms with E-state index in [1.165, 1.54) is 5.82 Å². The van der Waals surface area contributed by atoms with Gasteiger partial charge in [0.05, 0.1) is 13.2 Å². The summed E-state index contributed by atoms with van der Waals surface area (Å²) in [6.45, 7) is 2.19. The molecule has 1 atom stereocenters. The fraction of sp³-hybridized carbons (Fsp3) is 0.364. The Labute approximate surface area is 84.9 Å². The summed E-state index contributed by atoms with van der Waals surface area (Å²) in [5.41, 5.74) is 0. The molecule has 0 saturated carbocycles. The van der Waals surface area contributed by atoms with Crippen LogP contribution in [0.1, 0.15) is 6.92 Å². The van der Waals surface area contributed by atoms with Crippen molar-refractivity contribution in [3.8, 4) is 0 Å². The van der Waals surface area contributed by atoms with Crippen LogP contribution in [0.5, 0.6) is 0 Å². The van der Waals surface area contributed by atoms with Crippen LogP contribution in [0.15, 0.2) is 36.8 Å². The van der Waals surface area contributed by atoms with Crippen LogP contribution in [0.4, 0.5) is 5.82 Å². The first-order chi connectivity index (χ1) is 6.70. The number of aryl methyl sites for hydroxylation is 1. The molecule has 0 bridgehead atoms. The zero-order chi connectivity index (χ0) is 10.1. The van der Waals surface area contributed by atoms with Crippen molar-refractivity contribution in [1.82, 2.24) is 4.90 Å². The average Bonchev–Trinajstić information content (AvgIpc) is 2.49. The highest BCUT2D eigenvalue weighted by molar-refractivity contribution is 5.40. The smallest absolute Gasteiger partial charge is 0.282 e. The van der Waals surface area contributed by atoms with Gasteiger partial charge in [-0.05, 0) is 13.0 Å². The topological polar surface area (TPSA) is 10.4 Å². The van der Waals surface area contributed by atoms with Crippen LogP contribution in [-0.2, 0) is 7.05 Å². The number of anilines is 1. The van der Waals surface area contributed by atoms with Crippen molar-refractivity contribution >= 4 is 5.82 Å². The molecule has 2 heterocycles. The Bertz CT molecular complexity index is 359. The molecular formula is C11H16N3+. The summed E-state index contributed by atoms with van der Waals surface area (Å²) in [6, 6.07) is 6.23. The van der Waals surface area contributed by atoms with Crippen LogP contribution in [0.2, 0.25) is 0 Å². The largest absolute Gasteiger partial charge is 0.339 e. The standard InChI is InChI=1S/C11H16N3/c1-10-12(2)8-9-14(10)11-6-4-5-7-13(11)3/h4-10H,1-3H3/q+1/t10-/m1/s1. The summed E-state index contributed by atoms with van der Waals surface area (Å²) < 4.78 is 2.12. The van der Waals surface area contributed by atoms with Crippen molar-refractivity contribution in [3.05, 3.63) is 36.8 Å². The number of rotatable bonds is 1. The van der Waals surface area contributed by atoms with Crippen molar-refractivity contribution < 1.29 is 4.57 Å². The van der Waals surface area contributed by atoms with E-state index < -0.39 is 0 Å². The molecule has 0 unspecified atom stereocenters. The lowest BCUT2D eigenvalue weighted by molar-refractivity contribution is -0.658. The molecule has 0 saturated heterocycles. The van der Waals surface area contributed by atoms with Gasteiger partial charge in [0.2, 0.25) is 0 Å². The second kappa shape index (κ2) is 3.33. The van der Waals surface area contributed by atoms with E-state index >= 15 is 0 Å². The van der Waals surface area contributed by atoms with Crippen LogP contribution >= 0.6 is 0 Å². The van der Waals surface area contributed by atoms with Gasteiger partial charge >= 0.3 is 0 Å². The van der Waals surface area contributed by atoms with Crippen molar-refractivity contribution in [1.29, 1.82) is 0 Å². The highest BCUT2D eigenvalue weighted by Gasteiger charge is 2.28. The molecule has 3 heteroatoms. The number of nitrogens with zero attached hydrogens (tertiary/aromatic N) is 3. The summed E-state index contributed by atoms with van der Waals surface area (Å²) in [5, 5.41) is 0. The summed E-state index contributed by atoms with van der Waals surface area (Å²) in [6.07, 6.45) is 6.66. The average molecular weight is 190 g/mol. The zero-order valence-electron chi connectivity index (χ0n) is 8.88. The van der Waals surface area contributed by atoms with Crippen LogP contribution in [0.3, 0.4) is 0 Å². The van der Waals surface area contributed by atoms with E-state index in [0.717, 1.165) is 0 Å². The van der Waals surface area contributed by atoms with E-state index in [4.69, 9.17) is 0 Å². The third kappa shape index (κ3) is 1.35. The third-order valence-corrected chi connectivity index (χ3v) is 2.75. The van der Waals surface area contributed by atoms with Gasteiger partial charge in [0.25, 0.3) is 5.82 Å². The van der Waals surface area contributed by atoms with Gasteiger partial charge < -0.3 is 4.90 Å². The van der Waals surface area contributed by atoms with Crippen molar-refractivity contribution in [2.24, 2.45) is 7.05 Å². The number of hydrogen-bond acceptors (Lipinski definition) is 2. The second-order valence-corrected chi connectivity index (χ2v) is 3.67. The molecule has 2 rings (SSSR count). The molecule has 14 heavy (non-hydrogen) atoms. The molecule has 1 aromatic rings. The van der Waals surface area contributed by atoms with Gasteiger partial charge in [-0.15, -0.1) is 0 Å². The van der Waals surface area contributed by atoms with Gasteiger partial charge in [-0.2, -0.15) is 0 Å². The van der Waals surface area contributed by atoms with Crippen LogP contribution < -0.4 is 9.47 Å². The predicted molar refractivity (Wildman–Crippen MR) is 56.5 cm³/mol. The molecule has 0 spiro atoms. The van der Waals surface area contributed by atoms with E-state index in [1.54, 1.807) is 0 Å². The van der Waals surface area contributed by atoms with E-state index in [-0.39, 0.29) is 0 Å². The van der Waals surface area contributed by atoms with E-state index in [2.05, 4.69) is 66.1 Å². The Hall–Kier alpha value is -1.51. The molecule has 0 aliphatic carbocycles. The molecular weight excluding hydrogens is 174 g/mol. The Kier molecular flexibility index (Phi) is 2.15. The van der Waals surface area contributed by atoms with Gasteiger partial charge in [-0.25, -0.2) is 9.47 Å². The molecule has 1 aliphatic heterocycles. The predicted octanol–water partition coefficient (Wildman–Crippen LogP) is 1.08. The normalized spacial score (nSPS) is 20.6. The highest BCUT2D eigenvalue weighted by atomic mass is 15.4. The first kappa shape index (κ1) is 9.06. The van der Waals surface area contributed by atoms with Crippen LogP contribution in [-0.4, -0.2) is 18.1 Å². The number of aromatic nitrogens is 1. The Morgan fingerprint density at radius 3 is 2.64 bits per heavy atom. The summed E-state index contributed by atoms with van der Waals surface area (Å²) >= 11 is 0. The maximum atomic E-state index is 2.25. The molecule has 0 aromatic carbocycles. The lowest BCUT2D eigenvalue weighted by Crippen LogP contribution is -2.42. The molecule has 1 aliphatic rings. The molecule has 3 nitrogen and oxygen atoms in total. The van der Waals surface area contributed by atoms with Gasteiger partial charge in [0.15, 0.2) is 6.17 Å². The maximum Gasteiger partial charge on any atom is 0.282 e. The maximum absolute atomic E-state index is 2.25. The first-order valence-electron chi connectivity index (χ1n) is 4.83. The molecule has 74 valence electrons. The molecule has 1 aromatic heterocycles. The Morgan fingerprint density at radius 2 is 2.07 bits per heavy atom. The minimum Gasteiger partial charge on any atom is -0.339 e. The molecule has 0 amide bonds. The fourth-order valence-corrected chi connectivity index (χ4v) is 1.67. The van der Waals surface area contributed by atoms with Gasteiger partial charge in [-0.1, -0.05) is 6.07 Å². The Morgan fingerprint density at radius 1 is 1.29 bits per heavy atom. The first-order valence-corrected chi connectivity index (χ1v) is 4.83. The third-order valence-electron chi connectivity index (χ3n) is 2.75. The summed E-state index contributed by atoms with van der Waals surface area (Å²) in [7, 11) is 4.15. The quantitative estimate of drug-likeness (QED) is 0.613. The van der Waals surface area contributed by atoms with Gasteiger partial charge in [0, 0.05) is 19.3 Å². The fourth-order valence-electron chi connectivity index (χ4n) is 1.67. The van der Waals surface area contributed by atoms with Crippen molar-refractivity contribution in [3.63, 3.8) is 0 Å². The minimum atomic E-state index is 0.392. The SMILES string of the molecule is C[C@@H]1N(C)C=CN1c1cccc[n+]1C. The lowest BCUT2D eigenvalue weighted by Gasteiger charge is -2.20. The van der Waals surface area contributed by atoms with E-state index in [1.807, 2.05) is 6.07 Å². The number of pyridine rings is 1. The van der Waals surface area contributed by atoms with Gasteiger partial charge in [0.1, 0.15) is 6.20 Å². The monoisotopic (exact) mass is 190 g/mol. The summed E-state index contributed by atoms with van der Waals surface area (Å²) in [4.78, 5) is 4.44. The van der Waals surface area contributed by atoms with Crippen LogP contribution in [0, 0.1) is 0 Å². The lowest BCUT2D eigenvalue weighted by atomic mass is 10.4. The second-order valence-electron chi connectivity index (χ2n) is 3.67. The van der Waals surface area contributed by atoms with E-state index in [9.17, 15) is 0 Å². The highest BCUT2D eigenvalue weighted by Crippen LogP contribution is 2.19. The van der Waals surface area contributed by atoms with Crippen molar-refractivity contribution in [2.45, 2.75) is 13.1 Å². The summed E-state index contributed by atoms with van der Waals surface area (Å²) in [5.74, 6) is 1.21. The number of hydrogen-bond donors (Lipinski definition) is 0. The van der Waals surface area contributed by atoms with E-state index in [0.29, 0.717) is 6.17 Å². The van der Waals surface area contributed by atoms with Crippen molar-refractivity contribution in [2.75, 3.05) is 11.9 Å². The van der Waals surface area contributed by atoms with Gasteiger partial charge in [-0.3, -0.25) is 0 Å².